The molecule has 0 radical (unpaired) electrons. The van der Waals surface area contributed by atoms with Gasteiger partial charge in [-0.05, 0) is 0 Å². The topological polar surface area (TPSA) is 121 Å². The molecule has 0 rings (SSSR count). The second-order valence-electron chi connectivity index (χ2n) is 2.00. The first-order valence-electron chi connectivity index (χ1n) is 2.86. The van der Waals surface area contributed by atoms with Gasteiger partial charge in [-0.25, -0.2) is 0 Å². The fourth-order valence-electron chi connectivity index (χ4n) is 0.458. The van der Waals surface area contributed by atoms with Crippen molar-refractivity contribution >= 4 is 5.97 Å². The van der Waals surface area contributed by atoms with Crippen molar-refractivity contribution in [2.75, 3.05) is 6.61 Å². The minimum Gasteiger partial charge on any atom is -0.547 e. The number of hydrogen-bond acceptors (Lipinski definition) is 6. The van der Waals surface area contributed by atoms with Crippen LogP contribution in [-0.2, 0) is 4.79 Å². The van der Waals surface area contributed by atoms with Gasteiger partial charge >= 0.3 is 51.4 Å². The van der Waals surface area contributed by atoms with E-state index < -0.39 is 30.9 Å². The Kier molecular flexibility index (Phi) is 9.46. The summed E-state index contributed by atoms with van der Waals surface area (Å²) in [5, 5.41) is 43.8. The van der Waals surface area contributed by atoms with Crippen LogP contribution in [0.4, 0.5) is 0 Å². The van der Waals surface area contributed by atoms with Gasteiger partial charge in [0, 0.05) is 0 Å². The van der Waals surface area contributed by atoms with E-state index in [1.807, 2.05) is 0 Å². The van der Waals surface area contributed by atoms with Crippen LogP contribution in [0, 0.1) is 0 Å². The molecule has 0 saturated heterocycles. The molecule has 6 nitrogen and oxygen atoms in total. The summed E-state index contributed by atoms with van der Waals surface area (Å²) < 4.78 is 0. The van der Waals surface area contributed by atoms with Crippen molar-refractivity contribution in [3.63, 3.8) is 0 Å². The predicted octanol–water partition coefficient (Wildman–Crippen LogP) is -7.18. The van der Waals surface area contributed by atoms with E-state index in [4.69, 9.17) is 20.4 Å². The third kappa shape index (κ3) is 4.85. The van der Waals surface area contributed by atoms with Gasteiger partial charge in [-0.2, -0.15) is 0 Å². The summed E-state index contributed by atoms with van der Waals surface area (Å²) in [5.74, 6) is -1.90. The summed E-state index contributed by atoms with van der Waals surface area (Å²) in [6.45, 7) is -0.828. The number of hydrogen-bond donors (Lipinski definition) is 4. The van der Waals surface area contributed by atoms with E-state index in [-0.39, 0.29) is 51.4 Å². The molecule has 0 heterocycles. The van der Waals surface area contributed by atoms with Gasteiger partial charge in [-0.15, -0.1) is 0 Å². The molecule has 4 N–H and O–H groups in total. The average Bonchev–Trinajstić information content (AvgIpc) is 2.00. The summed E-state index contributed by atoms with van der Waals surface area (Å²) in [4.78, 5) is 9.85. The smallest absolute Gasteiger partial charge is 0.547 e. The van der Waals surface area contributed by atoms with E-state index in [1.165, 1.54) is 0 Å². The standard InChI is InChI=1S/C5H10O6.K/c6-1-2(7)3(8)4(9)5(10)11;/h2-4,6-9H,1H2,(H,10,11);/q;+1/p-1. The molecule has 0 saturated carbocycles. The minimum absolute atomic E-state index is 0. The minimum atomic E-state index is -2.18. The normalized spacial score (nSPS) is 17.3. The Balaban J connectivity index is 0. The second-order valence-corrected chi connectivity index (χ2v) is 2.00. The van der Waals surface area contributed by atoms with E-state index >= 15 is 0 Å². The number of aliphatic hydroxyl groups is 4. The fraction of sp³-hybridized carbons (Fsp3) is 0.800. The van der Waals surface area contributed by atoms with Crippen molar-refractivity contribution in [3.05, 3.63) is 0 Å². The number of aliphatic carboxylic acids is 1. The van der Waals surface area contributed by atoms with Gasteiger partial charge in [0.1, 0.15) is 18.3 Å². The van der Waals surface area contributed by atoms with Crippen LogP contribution in [0.5, 0.6) is 0 Å². The Morgan fingerprint density at radius 1 is 1.33 bits per heavy atom. The zero-order valence-electron chi connectivity index (χ0n) is 6.54. The first-order valence-corrected chi connectivity index (χ1v) is 2.86. The largest absolute Gasteiger partial charge is 1.00 e. The molecule has 3 unspecified atom stereocenters. The Bertz CT molecular complexity index is 140. The second kappa shape index (κ2) is 7.36. The van der Waals surface area contributed by atoms with Gasteiger partial charge in [0.25, 0.3) is 0 Å². The van der Waals surface area contributed by atoms with Crippen LogP contribution < -0.4 is 56.5 Å². The number of carbonyl (C=O) groups excluding carboxylic acids is 1. The van der Waals surface area contributed by atoms with Crippen molar-refractivity contribution in [2.45, 2.75) is 18.3 Å². The molecule has 3 atom stereocenters. The predicted molar refractivity (Wildman–Crippen MR) is 30.1 cm³/mol. The third-order valence-corrected chi connectivity index (χ3v) is 1.15. The Hall–Kier alpha value is 0.946. The average molecular weight is 204 g/mol. The molecule has 0 bridgehead atoms. The van der Waals surface area contributed by atoms with E-state index in [1.54, 1.807) is 0 Å². The summed E-state index contributed by atoms with van der Waals surface area (Å²) in [5.41, 5.74) is 0. The maximum absolute atomic E-state index is 9.85. The first-order chi connectivity index (χ1) is 5.00. The van der Waals surface area contributed by atoms with Crippen molar-refractivity contribution in [1.29, 1.82) is 0 Å². The number of carbonyl (C=O) groups is 1. The Morgan fingerprint density at radius 2 is 1.75 bits per heavy atom. The van der Waals surface area contributed by atoms with Gasteiger partial charge in [-0.1, -0.05) is 0 Å². The summed E-state index contributed by atoms with van der Waals surface area (Å²) >= 11 is 0. The van der Waals surface area contributed by atoms with Crippen LogP contribution >= 0.6 is 0 Å². The van der Waals surface area contributed by atoms with Crippen molar-refractivity contribution in [3.8, 4) is 0 Å². The molecule has 0 amide bonds. The summed E-state index contributed by atoms with van der Waals surface area (Å²) in [7, 11) is 0. The zero-order valence-corrected chi connectivity index (χ0v) is 9.67. The zero-order chi connectivity index (χ0) is 9.02. The number of aliphatic hydroxyl groups excluding tert-OH is 4. The van der Waals surface area contributed by atoms with Crippen LogP contribution in [0.2, 0.25) is 0 Å². The molecule has 0 spiro atoms. The van der Waals surface area contributed by atoms with E-state index in [0.29, 0.717) is 0 Å². The van der Waals surface area contributed by atoms with Crippen LogP contribution in [0.15, 0.2) is 0 Å². The van der Waals surface area contributed by atoms with Crippen molar-refractivity contribution < 1.29 is 81.7 Å². The summed E-state index contributed by atoms with van der Waals surface area (Å²) in [6, 6.07) is 0. The molecule has 0 aliphatic rings. The molecule has 7 heteroatoms. The van der Waals surface area contributed by atoms with Crippen molar-refractivity contribution in [2.24, 2.45) is 0 Å². The molecule has 12 heavy (non-hydrogen) atoms. The molecule has 0 aromatic heterocycles. The number of rotatable bonds is 4. The quantitative estimate of drug-likeness (QED) is 0.338. The number of carboxylic acid groups (broad SMARTS) is 1. The Morgan fingerprint density at radius 3 is 2.00 bits per heavy atom. The summed E-state index contributed by atoms with van der Waals surface area (Å²) in [6.07, 6.45) is -5.79. The fourth-order valence-corrected chi connectivity index (χ4v) is 0.458. The van der Waals surface area contributed by atoms with E-state index in [2.05, 4.69) is 0 Å². The van der Waals surface area contributed by atoms with E-state index in [9.17, 15) is 9.90 Å². The molecular formula is C5H9KO6. The monoisotopic (exact) mass is 204 g/mol. The molecule has 0 aliphatic carbocycles. The maximum Gasteiger partial charge on any atom is 1.00 e. The van der Waals surface area contributed by atoms with Crippen LogP contribution in [0.1, 0.15) is 0 Å². The molecule has 0 aromatic carbocycles. The molecule has 0 aromatic rings. The molecule has 0 aliphatic heterocycles. The van der Waals surface area contributed by atoms with Gasteiger partial charge < -0.3 is 30.3 Å². The van der Waals surface area contributed by atoms with Crippen LogP contribution in [0.25, 0.3) is 0 Å². The van der Waals surface area contributed by atoms with Gasteiger partial charge in [0.15, 0.2) is 0 Å². The van der Waals surface area contributed by atoms with Gasteiger partial charge in [0.2, 0.25) is 0 Å². The Labute approximate surface area is 111 Å². The molecule has 66 valence electrons. The van der Waals surface area contributed by atoms with Crippen LogP contribution in [0.3, 0.4) is 0 Å². The van der Waals surface area contributed by atoms with Crippen LogP contribution in [-0.4, -0.2) is 51.3 Å². The SMILES string of the molecule is O=C([O-])C(O)C(O)C(O)CO.[K+]. The van der Waals surface area contributed by atoms with Gasteiger partial charge in [-0.3, -0.25) is 0 Å². The van der Waals surface area contributed by atoms with Gasteiger partial charge in [0.05, 0.1) is 12.6 Å². The number of carboxylic acids is 1. The molecular weight excluding hydrogens is 195 g/mol. The maximum atomic E-state index is 9.85. The molecule has 0 fully saturated rings. The third-order valence-electron chi connectivity index (χ3n) is 1.15. The van der Waals surface area contributed by atoms with Crippen molar-refractivity contribution in [1.82, 2.24) is 0 Å². The van der Waals surface area contributed by atoms with E-state index in [0.717, 1.165) is 0 Å². The first kappa shape index (κ1) is 15.4.